The van der Waals surface area contributed by atoms with E-state index in [-0.39, 0.29) is 5.41 Å². The van der Waals surface area contributed by atoms with Crippen LogP contribution in [-0.4, -0.2) is 11.7 Å². The lowest BCUT2D eigenvalue weighted by Gasteiger charge is -2.32. The van der Waals surface area contributed by atoms with Crippen LogP contribution in [0, 0.1) is 5.41 Å². The zero-order valence-electron chi connectivity index (χ0n) is 10.2. The molecule has 0 amide bonds. The van der Waals surface area contributed by atoms with Crippen molar-refractivity contribution in [2.75, 3.05) is 6.54 Å². The summed E-state index contributed by atoms with van der Waals surface area (Å²) in [7, 11) is 0. The highest BCUT2D eigenvalue weighted by Crippen LogP contribution is 2.46. The first-order chi connectivity index (χ1) is 8.75. The van der Waals surface area contributed by atoms with Crippen LogP contribution < -0.4 is 5.73 Å². The van der Waals surface area contributed by atoms with E-state index in [4.69, 9.17) is 5.73 Å². The summed E-state index contributed by atoms with van der Waals surface area (Å²) in [4.78, 5) is 1.02. The number of fused-ring (bicyclic) bond motifs is 1. The van der Waals surface area contributed by atoms with E-state index in [1.165, 1.54) is 11.1 Å². The lowest BCUT2D eigenvalue weighted by Crippen LogP contribution is -2.37. The van der Waals surface area contributed by atoms with Crippen LogP contribution in [0.4, 0.5) is 0 Å². The maximum atomic E-state index is 10.7. The minimum atomic E-state index is -0.463. The molecule has 1 aliphatic carbocycles. The van der Waals surface area contributed by atoms with Gasteiger partial charge in [0.1, 0.15) is 0 Å². The van der Waals surface area contributed by atoms with Crippen LogP contribution in [0.25, 0.3) is 0 Å². The van der Waals surface area contributed by atoms with Crippen LogP contribution in [0.15, 0.2) is 41.8 Å². The Kier molecular flexibility index (Phi) is 2.98. The molecule has 2 aromatic rings. The van der Waals surface area contributed by atoms with Crippen molar-refractivity contribution in [3.8, 4) is 0 Å². The third kappa shape index (κ3) is 1.79. The first kappa shape index (κ1) is 11.9. The molecule has 2 nitrogen and oxygen atoms in total. The summed E-state index contributed by atoms with van der Waals surface area (Å²) in [6.45, 7) is 0.515. The highest BCUT2D eigenvalue weighted by Gasteiger charge is 2.43. The Labute approximate surface area is 111 Å². The van der Waals surface area contributed by atoms with Gasteiger partial charge in [0.15, 0.2) is 0 Å². The summed E-state index contributed by atoms with van der Waals surface area (Å²) in [5, 5.41) is 12.7. The van der Waals surface area contributed by atoms with Crippen molar-refractivity contribution in [3.05, 3.63) is 57.8 Å². The average Bonchev–Trinajstić information content (AvgIpc) is 3.05. The first-order valence-corrected chi connectivity index (χ1v) is 7.11. The first-order valence-electron chi connectivity index (χ1n) is 6.23. The molecule has 0 spiro atoms. The third-order valence-electron chi connectivity index (χ3n) is 4.00. The predicted octanol–water partition coefficient (Wildman–Crippen LogP) is 2.53. The second kappa shape index (κ2) is 4.50. The predicted molar refractivity (Wildman–Crippen MR) is 74.6 cm³/mol. The monoisotopic (exact) mass is 259 g/mol. The Morgan fingerprint density at radius 3 is 2.33 bits per heavy atom. The Bertz CT molecular complexity index is 510. The van der Waals surface area contributed by atoms with Crippen LogP contribution in [0.1, 0.15) is 22.1 Å². The Balaban J connectivity index is 1.95. The Morgan fingerprint density at radius 2 is 1.83 bits per heavy atom. The number of aliphatic hydroxyl groups excluding tert-OH is 1. The second-order valence-electron chi connectivity index (χ2n) is 5.11. The van der Waals surface area contributed by atoms with E-state index in [9.17, 15) is 5.11 Å². The quantitative estimate of drug-likeness (QED) is 0.889. The number of hydrogen-bond acceptors (Lipinski definition) is 3. The molecule has 1 atom stereocenters. The lowest BCUT2D eigenvalue weighted by atomic mass is 9.78. The number of aliphatic hydroxyl groups is 1. The fraction of sp³-hybridized carbons (Fsp3) is 0.333. The molecular weight excluding hydrogens is 242 g/mol. The Morgan fingerprint density at radius 1 is 1.17 bits per heavy atom. The number of benzene rings is 1. The van der Waals surface area contributed by atoms with E-state index in [0.29, 0.717) is 6.54 Å². The van der Waals surface area contributed by atoms with E-state index < -0.39 is 6.10 Å². The van der Waals surface area contributed by atoms with Gasteiger partial charge in [0, 0.05) is 16.8 Å². The molecule has 94 valence electrons. The van der Waals surface area contributed by atoms with Gasteiger partial charge in [-0.1, -0.05) is 30.3 Å². The standard InChI is InChI=1S/C15H17NOS/c16-10-15(14(17)13-6-3-7-18-13)8-11-4-1-2-5-12(11)9-15/h1-7,14,17H,8-10,16H2. The van der Waals surface area contributed by atoms with Gasteiger partial charge in [-0.3, -0.25) is 0 Å². The maximum Gasteiger partial charge on any atom is 0.0956 e. The third-order valence-corrected chi connectivity index (χ3v) is 4.93. The van der Waals surface area contributed by atoms with Gasteiger partial charge in [-0.2, -0.15) is 0 Å². The van der Waals surface area contributed by atoms with Crippen molar-refractivity contribution in [1.82, 2.24) is 0 Å². The molecule has 18 heavy (non-hydrogen) atoms. The molecule has 1 heterocycles. The SMILES string of the molecule is NCC1(C(O)c2cccs2)Cc2ccccc2C1. The normalized spacial score (nSPS) is 18.6. The topological polar surface area (TPSA) is 46.2 Å². The van der Waals surface area contributed by atoms with Crippen LogP contribution in [0.3, 0.4) is 0 Å². The number of thiophene rings is 1. The van der Waals surface area contributed by atoms with Crippen molar-refractivity contribution in [2.24, 2.45) is 11.1 Å². The molecular formula is C15H17NOS. The van der Waals surface area contributed by atoms with E-state index in [1.807, 2.05) is 17.5 Å². The van der Waals surface area contributed by atoms with Gasteiger partial charge in [-0.05, 0) is 35.4 Å². The molecule has 0 fully saturated rings. The molecule has 0 saturated heterocycles. The van der Waals surface area contributed by atoms with Gasteiger partial charge < -0.3 is 10.8 Å². The van der Waals surface area contributed by atoms with Crippen molar-refractivity contribution in [3.63, 3.8) is 0 Å². The lowest BCUT2D eigenvalue weighted by molar-refractivity contribution is 0.0387. The molecule has 1 aliphatic rings. The summed E-state index contributed by atoms with van der Waals surface area (Å²) in [5.74, 6) is 0. The van der Waals surface area contributed by atoms with Gasteiger partial charge in [0.05, 0.1) is 6.10 Å². The minimum absolute atomic E-state index is 0.228. The summed E-state index contributed by atoms with van der Waals surface area (Å²) in [5.41, 5.74) is 8.44. The van der Waals surface area contributed by atoms with E-state index in [1.54, 1.807) is 11.3 Å². The molecule has 0 radical (unpaired) electrons. The molecule has 0 bridgehead atoms. The molecule has 1 aromatic heterocycles. The van der Waals surface area contributed by atoms with Crippen molar-refractivity contribution < 1.29 is 5.11 Å². The zero-order valence-corrected chi connectivity index (χ0v) is 11.0. The van der Waals surface area contributed by atoms with Crippen molar-refractivity contribution >= 4 is 11.3 Å². The molecule has 0 aliphatic heterocycles. The van der Waals surface area contributed by atoms with Crippen LogP contribution in [0.5, 0.6) is 0 Å². The summed E-state index contributed by atoms with van der Waals surface area (Å²) in [6, 6.07) is 12.4. The summed E-state index contributed by atoms with van der Waals surface area (Å²) < 4.78 is 0. The number of hydrogen-bond donors (Lipinski definition) is 2. The maximum absolute atomic E-state index is 10.7. The fourth-order valence-corrected chi connectivity index (χ4v) is 3.77. The molecule has 3 rings (SSSR count). The number of rotatable bonds is 3. The van der Waals surface area contributed by atoms with Gasteiger partial charge in [0.2, 0.25) is 0 Å². The van der Waals surface area contributed by atoms with Crippen molar-refractivity contribution in [2.45, 2.75) is 18.9 Å². The smallest absolute Gasteiger partial charge is 0.0956 e. The van der Waals surface area contributed by atoms with Crippen molar-refractivity contribution in [1.29, 1.82) is 0 Å². The number of nitrogens with two attached hydrogens (primary N) is 1. The van der Waals surface area contributed by atoms with Crippen LogP contribution in [0.2, 0.25) is 0 Å². The average molecular weight is 259 g/mol. The zero-order chi connectivity index (χ0) is 12.6. The molecule has 3 heteroatoms. The second-order valence-corrected chi connectivity index (χ2v) is 6.09. The van der Waals surface area contributed by atoms with Crippen LogP contribution >= 0.6 is 11.3 Å². The molecule has 1 aromatic carbocycles. The summed E-state index contributed by atoms with van der Waals surface area (Å²) in [6.07, 6.45) is 1.28. The van der Waals surface area contributed by atoms with Gasteiger partial charge in [-0.15, -0.1) is 11.3 Å². The van der Waals surface area contributed by atoms with E-state index in [2.05, 4.69) is 24.3 Å². The van der Waals surface area contributed by atoms with Gasteiger partial charge in [0.25, 0.3) is 0 Å². The highest BCUT2D eigenvalue weighted by atomic mass is 32.1. The van der Waals surface area contributed by atoms with Gasteiger partial charge >= 0.3 is 0 Å². The van der Waals surface area contributed by atoms with E-state index >= 15 is 0 Å². The molecule has 3 N–H and O–H groups in total. The molecule has 1 unspecified atom stereocenters. The Hall–Kier alpha value is -1.16. The molecule has 0 saturated carbocycles. The fourth-order valence-electron chi connectivity index (χ4n) is 2.92. The minimum Gasteiger partial charge on any atom is -0.387 e. The summed E-state index contributed by atoms with van der Waals surface area (Å²) >= 11 is 1.60. The van der Waals surface area contributed by atoms with Gasteiger partial charge in [-0.25, -0.2) is 0 Å². The highest BCUT2D eigenvalue weighted by molar-refractivity contribution is 7.10. The van der Waals surface area contributed by atoms with Crippen LogP contribution in [-0.2, 0) is 12.8 Å². The van der Waals surface area contributed by atoms with E-state index in [0.717, 1.165) is 17.7 Å². The largest absolute Gasteiger partial charge is 0.387 e.